The molecule has 2 aromatic heterocycles. The third-order valence-electron chi connectivity index (χ3n) is 1.85. The Kier molecular flexibility index (Phi) is 2.62. The minimum Gasteiger partial charge on any atom is -0.383 e. The zero-order valence-electron chi connectivity index (χ0n) is 8.04. The molecule has 0 aromatic carbocycles. The van der Waals surface area contributed by atoms with Crippen LogP contribution in [0.15, 0.2) is 27.9 Å². The van der Waals surface area contributed by atoms with E-state index in [1.54, 1.807) is 6.07 Å². The number of nitrogens with one attached hydrogen (secondary N) is 2. The second-order valence-corrected chi connectivity index (χ2v) is 4.69. The fraction of sp³-hybridized carbons (Fsp3) is 0.143. The van der Waals surface area contributed by atoms with Crippen LogP contribution in [0.3, 0.4) is 0 Å². The summed E-state index contributed by atoms with van der Waals surface area (Å²) < 4.78 is 30.4. The van der Waals surface area contributed by atoms with Crippen molar-refractivity contribution in [3.8, 4) is 0 Å². The van der Waals surface area contributed by atoms with Crippen molar-refractivity contribution in [3.63, 3.8) is 0 Å². The number of hydrogen-bond donors (Lipinski definition) is 3. The second-order valence-electron chi connectivity index (χ2n) is 2.95. The Morgan fingerprint density at radius 2 is 2.38 bits per heavy atom. The van der Waals surface area contributed by atoms with E-state index in [9.17, 15) is 8.42 Å². The predicted molar refractivity (Wildman–Crippen MR) is 53.5 cm³/mol. The van der Waals surface area contributed by atoms with Gasteiger partial charge in [0.15, 0.2) is 5.76 Å². The van der Waals surface area contributed by atoms with Crippen molar-refractivity contribution < 1.29 is 12.9 Å². The number of aromatic amines is 1. The Labute approximate surface area is 90.9 Å². The van der Waals surface area contributed by atoms with E-state index in [4.69, 9.17) is 10.3 Å². The zero-order chi connectivity index (χ0) is 11.6. The first-order valence-corrected chi connectivity index (χ1v) is 5.76. The molecule has 0 amide bonds. The highest BCUT2D eigenvalue weighted by Crippen LogP contribution is 2.13. The van der Waals surface area contributed by atoms with Crippen LogP contribution in [-0.4, -0.2) is 23.8 Å². The summed E-state index contributed by atoms with van der Waals surface area (Å²) in [5.74, 6) is 0.399. The number of nitrogens with two attached hydrogens (primary N) is 1. The van der Waals surface area contributed by atoms with Crippen LogP contribution in [-0.2, 0) is 16.6 Å². The zero-order valence-corrected chi connectivity index (χ0v) is 8.86. The first-order chi connectivity index (χ1) is 7.59. The van der Waals surface area contributed by atoms with E-state index in [2.05, 4.69) is 20.1 Å². The molecule has 2 rings (SSSR count). The van der Waals surface area contributed by atoms with Gasteiger partial charge in [-0.1, -0.05) is 5.16 Å². The Morgan fingerprint density at radius 3 is 2.94 bits per heavy atom. The van der Waals surface area contributed by atoms with E-state index in [1.807, 2.05) is 0 Å². The quantitative estimate of drug-likeness (QED) is 0.661. The average Bonchev–Trinajstić information content (AvgIpc) is 2.85. The molecule has 0 aliphatic rings. The first-order valence-electron chi connectivity index (χ1n) is 4.27. The first kappa shape index (κ1) is 10.6. The molecule has 0 aliphatic heterocycles. The number of H-pyrrole nitrogens is 1. The van der Waals surface area contributed by atoms with Gasteiger partial charge in [-0.25, -0.2) is 13.1 Å². The smallest absolute Gasteiger partial charge is 0.246 e. The lowest BCUT2D eigenvalue weighted by Gasteiger charge is -2.02. The van der Waals surface area contributed by atoms with Crippen molar-refractivity contribution in [2.24, 2.45) is 0 Å². The molecule has 0 radical (unpaired) electrons. The molecule has 2 aromatic rings. The fourth-order valence-corrected chi connectivity index (χ4v) is 2.09. The van der Waals surface area contributed by atoms with Crippen LogP contribution in [0.1, 0.15) is 5.76 Å². The van der Waals surface area contributed by atoms with Crippen LogP contribution in [0.2, 0.25) is 0 Å². The van der Waals surface area contributed by atoms with Crippen molar-refractivity contribution in [1.82, 2.24) is 20.1 Å². The molecule has 0 atom stereocenters. The maximum atomic E-state index is 11.7. The van der Waals surface area contributed by atoms with Gasteiger partial charge in [0.25, 0.3) is 0 Å². The summed E-state index contributed by atoms with van der Waals surface area (Å²) in [6.07, 6.45) is 2.56. The normalized spacial score (nSPS) is 11.8. The van der Waals surface area contributed by atoms with Gasteiger partial charge in [-0.05, 0) is 0 Å². The molecular weight excluding hydrogens is 234 g/mol. The lowest BCUT2D eigenvalue weighted by atomic mass is 10.5. The van der Waals surface area contributed by atoms with E-state index >= 15 is 0 Å². The third-order valence-corrected chi connectivity index (χ3v) is 3.28. The van der Waals surface area contributed by atoms with Crippen LogP contribution in [0.25, 0.3) is 0 Å². The van der Waals surface area contributed by atoms with Gasteiger partial charge in [-0.2, -0.15) is 5.10 Å². The Hall–Kier alpha value is -1.87. The Balaban J connectivity index is 2.13. The summed E-state index contributed by atoms with van der Waals surface area (Å²) >= 11 is 0. The molecule has 4 N–H and O–H groups in total. The van der Waals surface area contributed by atoms with E-state index in [0.717, 1.165) is 6.20 Å². The van der Waals surface area contributed by atoms with Crippen molar-refractivity contribution in [2.75, 3.05) is 5.73 Å². The summed E-state index contributed by atoms with van der Waals surface area (Å²) in [6.45, 7) is 0.00690. The van der Waals surface area contributed by atoms with Crippen molar-refractivity contribution in [1.29, 1.82) is 0 Å². The fourth-order valence-electron chi connectivity index (χ4n) is 1.08. The Bertz CT molecular complexity index is 559. The van der Waals surface area contributed by atoms with Gasteiger partial charge in [-0.15, -0.1) is 0 Å². The molecule has 0 saturated carbocycles. The number of hydrogen-bond acceptors (Lipinski definition) is 6. The number of rotatable bonds is 4. The summed E-state index contributed by atoms with van der Waals surface area (Å²) in [7, 11) is -3.68. The van der Waals surface area contributed by atoms with E-state index in [1.165, 1.54) is 6.20 Å². The summed E-state index contributed by atoms with van der Waals surface area (Å²) in [5, 5.41) is 9.32. The maximum absolute atomic E-state index is 11.7. The monoisotopic (exact) mass is 243 g/mol. The van der Waals surface area contributed by atoms with Gasteiger partial charge < -0.3 is 10.3 Å². The van der Waals surface area contributed by atoms with Crippen molar-refractivity contribution >= 4 is 15.8 Å². The van der Waals surface area contributed by atoms with Gasteiger partial charge in [0.2, 0.25) is 10.0 Å². The number of sulfonamides is 1. The van der Waals surface area contributed by atoms with Crippen molar-refractivity contribution in [3.05, 3.63) is 24.2 Å². The predicted octanol–water partition coefficient (Wildman–Crippen LogP) is -0.542. The van der Waals surface area contributed by atoms with Crippen LogP contribution < -0.4 is 10.5 Å². The topological polar surface area (TPSA) is 127 Å². The molecule has 0 bridgehead atoms. The molecule has 8 nitrogen and oxygen atoms in total. The van der Waals surface area contributed by atoms with Crippen molar-refractivity contribution in [2.45, 2.75) is 11.4 Å². The SMILES string of the molecule is Nc1[nH]ncc1S(=O)(=O)NCc1ccno1. The highest BCUT2D eigenvalue weighted by Gasteiger charge is 2.19. The number of nitrogen functional groups attached to an aromatic ring is 1. The molecule has 9 heteroatoms. The lowest BCUT2D eigenvalue weighted by Crippen LogP contribution is -2.23. The minimum atomic E-state index is -3.68. The molecule has 0 fully saturated rings. The van der Waals surface area contributed by atoms with Crippen LogP contribution >= 0.6 is 0 Å². The van der Waals surface area contributed by atoms with Crippen LogP contribution in [0.4, 0.5) is 5.82 Å². The largest absolute Gasteiger partial charge is 0.383 e. The molecule has 16 heavy (non-hydrogen) atoms. The second kappa shape index (κ2) is 3.94. The number of anilines is 1. The standard InChI is InChI=1S/C7H9N5O3S/c8-7-6(4-9-12-7)16(13,14)11-3-5-1-2-10-15-5/h1-2,4,11H,3H2,(H3,8,9,12). The molecular formula is C7H9N5O3S. The highest BCUT2D eigenvalue weighted by molar-refractivity contribution is 7.89. The maximum Gasteiger partial charge on any atom is 0.246 e. The molecule has 0 unspecified atom stereocenters. The molecule has 2 heterocycles. The van der Waals surface area contributed by atoms with Gasteiger partial charge in [0.1, 0.15) is 10.7 Å². The molecule has 0 aliphatic carbocycles. The van der Waals surface area contributed by atoms with Gasteiger partial charge >= 0.3 is 0 Å². The number of aromatic nitrogens is 3. The Morgan fingerprint density at radius 1 is 1.56 bits per heavy atom. The summed E-state index contributed by atoms with van der Waals surface area (Å²) in [5.41, 5.74) is 5.40. The van der Waals surface area contributed by atoms with E-state index < -0.39 is 10.0 Å². The number of nitrogens with zero attached hydrogens (tertiary/aromatic N) is 2. The van der Waals surface area contributed by atoms with Crippen LogP contribution in [0.5, 0.6) is 0 Å². The van der Waals surface area contributed by atoms with Crippen LogP contribution in [0, 0.1) is 0 Å². The minimum absolute atomic E-state index is 0.00690. The third kappa shape index (κ3) is 2.04. The van der Waals surface area contributed by atoms with Gasteiger partial charge in [-0.3, -0.25) is 5.10 Å². The van der Waals surface area contributed by atoms with Gasteiger partial charge in [0, 0.05) is 6.07 Å². The lowest BCUT2D eigenvalue weighted by molar-refractivity contribution is 0.380. The van der Waals surface area contributed by atoms with E-state index in [0.29, 0.717) is 5.76 Å². The molecule has 0 spiro atoms. The average molecular weight is 243 g/mol. The van der Waals surface area contributed by atoms with E-state index in [-0.39, 0.29) is 17.3 Å². The molecule has 86 valence electrons. The highest BCUT2D eigenvalue weighted by atomic mass is 32.2. The summed E-state index contributed by atoms with van der Waals surface area (Å²) in [6, 6.07) is 1.56. The molecule has 0 saturated heterocycles. The van der Waals surface area contributed by atoms with Gasteiger partial charge in [0.05, 0.1) is 18.9 Å². The summed E-state index contributed by atoms with van der Waals surface area (Å²) in [4.78, 5) is -0.0907.